The first-order valence-corrected chi connectivity index (χ1v) is 6.14. The van der Waals surface area contributed by atoms with Crippen LogP contribution in [0.15, 0.2) is 0 Å². The van der Waals surface area contributed by atoms with Gasteiger partial charge in [-0.3, -0.25) is 4.79 Å². The standard InChI is InChI=1S/C12H19NO3/c1-8(9-5-6-9)11(14)13-7-3-2-4-10(13)12(15)16/h8-10H,2-7H2,1H3,(H,15,16). The van der Waals surface area contributed by atoms with Gasteiger partial charge in [-0.1, -0.05) is 6.92 Å². The maximum Gasteiger partial charge on any atom is 0.326 e. The zero-order valence-electron chi connectivity index (χ0n) is 9.69. The van der Waals surface area contributed by atoms with Gasteiger partial charge in [0.25, 0.3) is 0 Å². The Morgan fingerprint density at radius 3 is 2.50 bits per heavy atom. The minimum Gasteiger partial charge on any atom is -0.480 e. The van der Waals surface area contributed by atoms with E-state index in [9.17, 15) is 9.59 Å². The number of nitrogens with zero attached hydrogens (tertiary/aromatic N) is 1. The molecule has 1 amide bonds. The second-order valence-electron chi connectivity index (χ2n) is 5.01. The first-order valence-electron chi connectivity index (χ1n) is 6.14. The third-order valence-electron chi connectivity index (χ3n) is 3.79. The van der Waals surface area contributed by atoms with Crippen molar-refractivity contribution < 1.29 is 14.7 Å². The van der Waals surface area contributed by atoms with Crippen molar-refractivity contribution >= 4 is 11.9 Å². The van der Waals surface area contributed by atoms with Crippen molar-refractivity contribution in [1.82, 2.24) is 4.90 Å². The summed E-state index contributed by atoms with van der Waals surface area (Å²) in [6.07, 6.45) is 4.71. The van der Waals surface area contributed by atoms with Crippen LogP contribution in [0.3, 0.4) is 0 Å². The molecule has 1 heterocycles. The van der Waals surface area contributed by atoms with Gasteiger partial charge in [0, 0.05) is 12.5 Å². The van der Waals surface area contributed by atoms with Crippen LogP contribution >= 0.6 is 0 Å². The van der Waals surface area contributed by atoms with E-state index in [1.54, 1.807) is 4.90 Å². The molecule has 1 saturated heterocycles. The van der Waals surface area contributed by atoms with Gasteiger partial charge < -0.3 is 10.0 Å². The van der Waals surface area contributed by atoms with Crippen molar-refractivity contribution in [3.05, 3.63) is 0 Å². The normalized spacial score (nSPS) is 27.6. The topological polar surface area (TPSA) is 57.6 Å². The van der Waals surface area contributed by atoms with E-state index in [4.69, 9.17) is 5.11 Å². The van der Waals surface area contributed by atoms with Crippen LogP contribution in [0.5, 0.6) is 0 Å². The van der Waals surface area contributed by atoms with Crippen LogP contribution in [-0.4, -0.2) is 34.5 Å². The van der Waals surface area contributed by atoms with Gasteiger partial charge in [0.2, 0.25) is 5.91 Å². The molecule has 1 aliphatic heterocycles. The Balaban J connectivity index is 2.03. The number of aliphatic carboxylic acids is 1. The second kappa shape index (κ2) is 4.44. The summed E-state index contributed by atoms with van der Waals surface area (Å²) in [6.45, 7) is 2.56. The first kappa shape index (κ1) is 11.4. The summed E-state index contributed by atoms with van der Waals surface area (Å²) in [5, 5.41) is 9.10. The number of carboxylic acid groups (broad SMARTS) is 1. The molecule has 90 valence electrons. The summed E-state index contributed by atoms with van der Waals surface area (Å²) in [5.74, 6) is -0.283. The molecule has 2 unspecified atom stereocenters. The molecule has 0 aromatic rings. The van der Waals surface area contributed by atoms with Crippen molar-refractivity contribution in [2.75, 3.05) is 6.54 Å². The van der Waals surface area contributed by atoms with Gasteiger partial charge in [-0.05, 0) is 38.0 Å². The molecule has 0 spiro atoms. The van der Waals surface area contributed by atoms with Crippen LogP contribution in [0.25, 0.3) is 0 Å². The summed E-state index contributed by atoms with van der Waals surface area (Å²) in [4.78, 5) is 24.8. The van der Waals surface area contributed by atoms with E-state index < -0.39 is 12.0 Å². The van der Waals surface area contributed by atoms with Gasteiger partial charge >= 0.3 is 5.97 Å². The monoisotopic (exact) mass is 225 g/mol. The third-order valence-corrected chi connectivity index (χ3v) is 3.79. The molecule has 0 aromatic heterocycles. The van der Waals surface area contributed by atoms with Gasteiger partial charge in [-0.15, -0.1) is 0 Å². The maximum atomic E-state index is 12.2. The van der Waals surface area contributed by atoms with Crippen molar-refractivity contribution in [3.63, 3.8) is 0 Å². The third kappa shape index (κ3) is 2.20. The molecular weight excluding hydrogens is 206 g/mol. The zero-order chi connectivity index (χ0) is 11.7. The van der Waals surface area contributed by atoms with Crippen molar-refractivity contribution in [3.8, 4) is 0 Å². The number of hydrogen-bond acceptors (Lipinski definition) is 2. The Labute approximate surface area is 95.6 Å². The molecule has 0 aromatic carbocycles. The van der Waals surface area contributed by atoms with Crippen LogP contribution in [0.1, 0.15) is 39.0 Å². The summed E-state index contributed by atoms with van der Waals surface area (Å²) < 4.78 is 0. The zero-order valence-corrected chi connectivity index (χ0v) is 9.69. The Bertz CT molecular complexity index is 299. The Morgan fingerprint density at radius 2 is 1.94 bits per heavy atom. The van der Waals surface area contributed by atoms with Crippen LogP contribution in [0.2, 0.25) is 0 Å². The van der Waals surface area contributed by atoms with E-state index in [0.29, 0.717) is 18.9 Å². The van der Waals surface area contributed by atoms with E-state index in [0.717, 1.165) is 25.7 Å². The van der Waals surface area contributed by atoms with E-state index in [2.05, 4.69) is 0 Å². The lowest BCUT2D eigenvalue weighted by Gasteiger charge is -2.34. The number of piperidine rings is 1. The molecule has 0 bridgehead atoms. The number of carbonyl (C=O) groups is 2. The fraction of sp³-hybridized carbons (Fsp3) is 0.833. The van der Waals surface area contributed by atoms with Gasteiger partial charge in [0.1, 0.15) is 6.04 Å². The van der Waals surface area contributed by atoms with Crippen molar-refractivity contribution in [1.29, 1.82) is 0 Å². The quantitative estimate of drug-likeness (QED) is 0.791. The average molecular weight is 225 g/mol. The lowest BCUT2D eigenvalue weighted by atomic mass is 9.98. The highest BCUT2D eigenvalue weighted by Gasteiger charge is 2.39. The van der Waals surface area contributed by atoms with E-state index in [-0.39, 0.29) is 11.8 Å². The number of likely N-dealkylation sites (tertiary alicyclic amines) is 1. The molecule has 1 N–H and O–H groups in total. The molecular formula is C12H19NO3. The largest absolute Gasteiger partial charge is 0.480 e. The molecule has 0 radical (unpaired) electrons. The smallest absolute Gasteiger partial charge is 0.326 e. The Kier molecular flexibility index (Phi) is 3.17. The molecule has 4 nitrogen and oxygen atoms in total. The molecule has 2 rings (SSSR count). The molecule has 4 heteroatoms. The Hall–Kier alpha value is -1.06. The fourth-order valence-electron chi connectivity index (χ4n) is 2.51. The lowest BCUT2D eigenvalue weighted by molar-refractivity contribution is -0.154. The van der Waals surface area contributed by atoms with E-state index in [1.807, 2.05) is 6.92 Å². The maximum absolute atomic E-state index is 12.2. The molecule has 1 saturated carbocycles. The molecule has 2 aliphatic rings. The predicted molar refractivity (Wildman–Crippen MR) is 58.9 cm³/mol. The number of rotatable bonds is 3. The molecule has 2 atom stereocenters. The summed E-state index contributed by atoms with van der Waals surface area (Å²) in [6, 6.07) is -0.581. The van der Waals surface area contributed by atoms with E-state index in [1.165, 1.54) is 0 Å². The SMILES string of the molecule is CC(C(=O)N1CCCCC1C(=O)O)C1CC1. The highest BCUT2D eigenvalue weighted by atomic mass is 16.4. The molecule has 16 heavy (non-hydrogen) atoms. The van der Waals surface area contributed by atoms with Gasteiger partial charge in [0.05, 0.1) is 0 Å². The first-order chi connectivity index (χ1) is 7.61. The number of carbonyl (C=O) groups excluding carboxylic acids is 1. The van der Waals surface area contributed by atoms with Crippen molar-refractivity contribution in [2.24, 2.45) is 11.8 Å². The van der Waals surface area contributed by atoms with Gasteiger partial charge in [0.15, 0.2) is 0 Å². The molecule has 2 fully saturated rings. The Morgan fingerprint density at radius 1 is 1.25 bits per heavy atom. The number of hydrogen-bond donors (Lipinski definition) is 1. The minimum atomic E-state index is -0.851. The second-order valence-corrected chi connectivity index (χ2v) is 5.01. The van der Waals surface area contributed by atoms with Crippen LogP contribution in [0, 0.1) is 11.8 Å². The van der Waals surface area contributed by atoms with Crippen LogP contribution in [-0.2, 0) is 9.59 Å². The summed E-state index contributed by atoms with van der Waals surface area (Å²) in [7, 11) is 0. The lowest BCUT2D eigenvalue weighted by Crippen LogP contribution is -2.50. The fourth-order valence-corrected chi connectivity index (χ4v) is 2.51. The van der Waals surface area contributed by atoms with Crippen LogP contribution < -0.4 is 0 Å². The van der Waals surface area contributed by atoms with Crippen molar-refractivity contribution in [2.45, 2.75) is 45.1 Å². The van der Waals surface area contributed by atoms with Gasteiger partial charge in [-0.2, -0.15) is 0 Å². The number of carboxylic acids is 1. The number of amides is 1. The van der Waals surface area contributed by atoms with Crippen LogP contribution in [0.4, 0.5) is 0 Å². The average Bonchev–Trinajstić information content (AvgIpc) is 3.11. The highest BCUT2D eigenvalue weighted by Crippen LogP contribution is 2.38. The highest BCUT2D eigenvalue weighted by molar-refractivity contribution is 5.85. The minimum absolute atomic E-state index is 0.0138. The van der Waals surface area contributed by atoms with Gasteiger partial charge in [-0.25, -0.2) is 4.79 Å². The van der Waals surface area contributed by atoms with E-state index >= 15 is 0 Å². The predicted octanol–water partition coefficient (Wildman–Crippen LogP) is 1.50. The molecule has 1 aliphatic carbocycles. The summed E-state index contributed by atoms with van der Waals surface area (Å²) >= 11 is 0. The summed E-state index contributed by atoms with van der Waals surface area (Å²) in [5.41, 5.74) is 0.